The molecule has 1 aromatic heterocycles. The summed E-state index contributed by atoms with van der Waals surface area (Å²) in [6, 6.07) is 3.89. The van der Waals surface area contributed by atoms with Crippen molar-refractivity contribution in [2.24, 2.45) is 0 Å². The highest BCUT2D eigenvalue weighted by molar-refractivity contribution is 5.39. The molecular formula is C13H22N2O. The minimum Gasteiger partial charge on any atom is -0.495 e. The monoisotopic (exact) mass is 222 g/mol. The second kappa shape index (κ2) is 5.73. The van der Waals surface area contributed by atoms with Crippen LogP contribution in [0, 0.1) is 0 Å². The first kappa shape index (κ1) is 12.8. The zero-order valence-electron chi connectivity index (χ0n) is 10.7. The number of aromatic nitrogens is 1. The summed E-state index contributed by atoms with van der Waals surface area (Å²) >= 11 is 0. The van der Waals surface area contributed by atoms with E-state index < -0.39 is 0 Å². The predicted molar refractivity (Wildman–Crippen MR) is 68.0 cm³/mol. The summed E-state index contributed by atoms with van der Waals surface area (Å²) in [5, 5.41) is 3.49. The maximum Gasteiger partial charge on any atom is 0.137 e. The average molecular weight is 222 g/mol. The van der Waals surface area contributed by atoms with E-state index in [1.165, 1.54) is 6.42 Å². The van der Waals surface area contributed by atoms with Crippen LogP contribution in [-0.2, 0) is 0 Å². The van der Waals surface area contributed by atoms with E-state index in [1.807, 2.05) is 12.1 Å². The van der Waals surface area contributed by atoms with Crippen LogP contribution in [0.2, 0.25) is 0 Å². The lowest BCUT2D eigenvalue weighted by atomic mass is 9.93. The van der Waals surface area contributed by atoms with E-state index in [9.17, 15) is 0 Å². The minimum absolute atomic E-state index is 0.135. The first-order chi connectivity index (χ1) is 7.63. The third-order valence-electron chi connectivity index (χ3n) is 2.98. The molecule has 90 valence electrons. The van der Waals surface area contributed by atoms with Gasteiger partial charge in [0.05, 0.1) is 13.3 Å². The van der Waals surface area contributed by atoms with Gasteiger partial charge in [-0.15, -0.1) is 0 Å². The van der Waals surface area contributed by atoms with Crippen molar-refractivity contribution in [1.82, 2.24) is 4.98 Å². The fourth-order valence-electron chi connectivity index (χ4n) is 1.76. The van der Waals surface area contributed by atoms with Crippen molar-refractivity contribution in [3.05, 3.63) is 18.3 Å². The van der Waals surface area contributed by atoms with Gasteiger partial charge in [0.1, 0.15) is 11.6 Å². The van der Waals surface area contributed by atoms with Gasteiger partial charge >= 0.3 is 0 Å². The molecule has 0 amide bonds. The zero-order chi connectivity index (χ0) is 12.0. The fraction of sp³-hybridized carbons (Fsp3) is 0.615. The summed E-state index contributed by atoms with van der Waals surface area (Å²) in [4.78, 5) is 4.33. The Morgan fingerprint density at radius 1 is 1.38 bits per heavy atom. The van der Waals surface area contributed by atoms with Gasteiger partial charge in [0.25, 0.3) is 0 Å². The summed E-state index contributed by atoms with van der Waals surface area (Å²) in [6.45, 7) is 6.64. The van der Waals surface area contributed by atoms with Gasteiger partial charge in [-0.05, 0) is 31.9 Å². The van der Waals surface area contributed by atoms with E-state index >= 15 is 0 Å². The SMILES string of the molecule is CCCC(C)(CC)Nc1ccc(OC)cn1. The van der Waals surface area contributed by atoms with Crippen molar-refractivity contribution in [2.75, 3.05) is 12.4 Å². The molecule has 1 atom stereocenters. The third-order valence-corrected chi connectivity index (χ3v) is 2.98. The van der Waals surface area contributed by atoms with Gasteiger partial charge in [-0.25, -0.2) is 4.98 Å². The van der Waals surface area contributed by atoms with Gasteiger partial charge in [-0.3, -0.25) is 0 Å². The largest absolute Gasteiger partial charge is 0.495 e. The summed E-state index contributed by atoms with van der Waals surface area (Å²) in [7, 11) is 1.65. The standard InChI is InChI=1S/C13H22N2O/c1-5-9-13(3,6-2)15-12-8-7-11(16-4)10-14-12/h7-8,10H,5-6,9H2,1-4H3,(H,14,15). The number of hydrogen-bond acceptors (Lipinski definition) is 3. The van der Waals surface area contributed by atoms with Crippen molar-refractivity contribution in [2.45, 2.75) is 45.6 Å². The molecule has 0 aliphatic carbocycles. The molecule has 0 bridgehead atoms. The van der Waals surface area contributed by atoms with Crippen LogP contribution in [0.4, 0.5) is 5.82 Å². The van der Waals surface area contributed by atoms with Crippen LogP contribution < -0.4 is 10.1 Å². The number of rotatable bonds is 6. The second-order valence-corrected chi connectivity index (χ2v) is 4.37. The maximum absolute atomic E-state index is 5.08. The lowest BCUT2D eigenvalue weighted by Gasteiger charge is -2.30. The van der Waals surface area contributed by atoms with E-state index in [0.717, 1.165) is 24.4 Å². The molecule has 1 unspecified atom stereocenters. The number of nitrogens with zero attached hydrogens (tertiary/aromatic N) is 1. The van der Waals surface area contributed by atoms with E-state index in [2.05, 4.69) is 31.1 Å². The normalized spacial score (nSPS) is 14.2. The Morgan fingerprint density at radius 3 is 2.56 bits per heavy atom. The molecule has 0 fully saturated rings. The molecule has 1 rings (SSSR count). The van der Waals surface area contributed by atoms with Gasteiger partial charge in [-0.2, -0.15) is 0 Å². The van der Waals surface area contributed by atoms with Crippen LogP contribution in [0.15, 0.2) is 18.3 Å². The third kappa shape index (κ3) is 3.40. The fourth-order valence-corrected chi connectivity index (χ4v) is 1.76. The summed E-state index contributed by atoms with van der Waals surface area (Å²) in [5.74, 6) is 1.71. The van der Waals surface area contributed by atoms with E-state index in [4.69, 9.17) is 4.74 Å². The average Bonchev–Trinajstić information content (AvgIpc) is 2.30. The summed E-state index contributed by atoms with van der Waals surface area (Å²) in [6.07, 6.45) is 5.16. The summed E-state index contributed by atoms with van der Waals surface area (Å²) < 4.78 is 5.08. The Labute approximate surface area is 98.2 Å². The molecule has 0 aliphatic heterocycles. The second-order valence-electron chi connectivity index (χ2n) is 4.37. The molecule has 0 aromatic carbocycles. The van der Waals surface area contributed by atoms with E-state index in [0.29, 0.717) is 0 Å². The summed E-state index contributed by atoms with van der Waals surface area (Å²) in [5.41, 5.74) is 0.135. The Bertz CT molecular complexity index is 310. The van der Waals surface area contributed by atoms with Crippen molar-refractivity contribution < 1.29 is 4.74 Å². The topological polar surface area (TPSA) is 34.1 Å². The Hall–Kier alpha value is -1.25. The van der Waals surface area contributed by atoms with Gasteiger partial charge in [-0.1, -0.05) is 20.3 Å². The molecule has 1 aromatic rings. The molecule has 0 saturated heterocycles. The molecular weight excluding hydrogens is 200 g/mol. The molecule has 16 heavy (non-hydrogen) atoms. The van der Waals surface area contributed by atoms with Crippen LogP contribution in [0.25, 0.3) is 0 Å². The maximum atomic E-state index is 5.08. The van der Waals surface area contributed by atoms with Crippen LogP contribution in [-0.4, -0.2) is 17.6 Å². The van der Waals surface area contributed by atoms with Gasteiger partial charge in [0, 0.05) is 5.54 Å². The number of pyridine rings is 1. The van der Waals surface area contributed by atoms with Crippen molar-refractivity contribution in [1.29, 1.82) is 0 Å². The van der Waals surface area contributed by atoms with Crippen LogP contribution in [0.3, 0.4) is 0 Å². The molecule has 1 N–H and O–H groups in total. The van der Waals surface area contributed by atoms with Gasteiger partial charge in [0.15, 0.2) is 0 Å². The Kier molecular flexibility index (Phi) is 4.59. The minimum atomic E-state index is 0.135. The lowest BCUT2D eigenvalue weighted by molar-refractivity contribution is 0.412. The number of ether oxygens (including phenoxy) is 1. The molecule has 0 aliphatic rings. The molecule has 1 heterocycles. The zero-order valence-corrected chi connectivity index (χ0v) is 10.7. The van der Waals surface area contributed by atoms with Crippen LogP contribution in [0.5, 0.6) is 5.75 Å². The molecule has 3 nitrogen and oxygen atoms in total. The number of hydrogen-bond donors (Lipinski definition) is 1. The Balaban J connectivity index is 2.70. The smallest absolute Gasteiger partial charge is 0.137 e. The number of nitrogens with one attached hydrogen (secondary N) is 1. The van der Waals surface area contributed by atoms with Crippen LogP contribution >= 0.6 is 0 Å². The highest BCUT2D eigenvalue weighted by atomic mass is 16.5. The first-order valence-corrected chi connectivity index (χ1v) is 5.91. The van der Waals surface area contributed by atoms with E-state index in [1.54, 1.807) is 13.3 Å². The van der Waals surface area contributed by atoms with Crippen molar-refractivity contribution in [3.63, 3.8) is 0 Å². The number of methoxy groups -OCH3 is 1. The van der Waals surface area contributed by atoms with Gasteiger partial charge < -0.3 is 10.1 Å². The molecule has 0 spiro atoms. The lowest BCUT2D eigenvalue weighted by Crippen LogP contribution is -2.34. The Morgan fingerprint density at radius 2 is 2.12 bits per heavy atom. The highest BCUT2D eigenvalue weighted by Crippen LogP contribution is 2.22. The van der Waals surface area contributed by atoms with Crippen LogP contribution in [0.1, 0.15) is 40.0 Å². The quantitative estimate of drug-likeness (QED) is 0.800. The number of anilines is 1. The van der Waals surface area contributed by atoms with Crippen molar-refractivity contribution >= 4 is 5.82 Å². The molecule has 0 radical (unpaired) electrons. The highest BCUT2D eigenvalue weighted by Gasteiger charge is 2.20. The molecule has 0 saturated carbocycles. The first-order valence-electron chi connectivity index (χ1n) is 5.91. The predicted octanol–water partition coefficient (Wildman–Crippen LogP) is 3.47. The van der Waals surface area contributed by atoms with Gasteiger partial charge in [0.2, 0.25) is 0 Å². The van der Waals surface area contributed by atoms with Crippen molar-refractivity contribution in [3.8, 4) is 5.75 Å². The molecule has 3 heteroatoms. The van der Waals surface area contributed by atoms with E-state index in [-0.39, 0.29) is 5.54 Å².